The number of rotatable bonds is 5. The summed E-state index contributed by atoms with van der Waals surface area (Å²) in [6, 6.07) is 0. The zero-order chi connectivity index (χ0) is 10.7. The Morgan fingerprint density at radius 1 is 1.46 bits per heavy atom. The van der Waals surface area contributed by atoms with Gasteiger partial charge in [0, 0.05) is 0 Å². The zero-order valence-electron chi connectivity index (χ0n) is 7.66. The largest absolute Gasteiger partial charge is 0.487 e. The van der Waals surface area contributed by atoms with Gasteiger partial charge in [-0.15, -0.1) is 0 Å². The number of hydrogen-bond donors (Lipinski definition) is 1. The fourth-order valence-electron chi connectivity index (χ4n) is 0.304. The number of ether oxygens (including phenoxy) is 2. The summed E-state index contributed by atoms with van der Waals surface area (Å²) in [6.07, 6.45) is 2.62. The van der Waals surface area contributed by atoms with Crippen molar-refractivity contribution >= 4 is 5.97 Å². The van der Waals surface area contributed by atoms with Crippen molar-refractivity contribution < 1.29 is 19.4 Å². The van der Waals surface area contributed by atoms with E-state index < -0.39 is 5.97 Å². The van der Waals surface area contributed by atoms with Crippen LogP contribution in [0.2, 0.25) is 0 Å². The highest BCUT2D eigenvalue weighted by molar-refractivity contribution is 5.83. The number of carboxylic acids is 1. The summed E-state index contributed by atoms with van der Waals surface area (Å²) in [7, 11) is 0. The minimum absolute atomic E-state index is 0.201. The van der Waals surface area contributed by atoms with E-state index in [4.69, 9.17) is 5.11 Å². The Bertz CT molecular complexity index is 178. The predicted octanol–water partition coefficient (Wildman–Crippen LogP) is 1.91. The second kappa shape index (κ2) is 10.3. The van der Waals surface area contributed by atoms with Gasteiger partial charge in [0.05, 0.1) is 19.1 Å². The molecule has 0 fully saturated rings. The van der Waals surface area contributed by atoms with Crippen LogP contribution >= 0.6 is 0 Å². The lowest BCUT2D eigenvalue weighted by atomic mass is 10.6. The average Bonchev–Trinajstić information content (AvgIpc) is 2.07. The minimum Gasteiger partial charge on any atom is -0.487 e. The van der Waals surface area contributed by atoms with E-state index in [1.54, 1.807) is 6.92 Å². The van der Waals surface area contributed by atoms with Gasteiger partial charge in [-0.05, 0) is 13.5 Å². The molecule has 0 rings (SSSR count). The molecule has 4 nitrogen and oxygen atoms in total. The van der Waals surface area contributed by atoms with Crippen LogP contribution in [0.3, 0.4) is 0 Å². The summed E-state index contributed by atoms with van der Waals surface area (Å²) >= 11 is 0. The molecule has 0 aliphatic carbocycles. The van der Waals surface area contributed by atoms with Crippen LogP contribution in [-0.2, 0) is 14.3 Å². The molecule has 1 N–H and O–H groups in total. The van der Waals surface area contributed by atoms with Gasteiger partial charge in [-0.1, -0.05) is 13.2 Å². The molecule has 74 valence electrons. The first-order valence-electron chi connectivity index (χ1n) is 3.52. The third-order valence-corrected chi connectivity index (χ3v) is 0.750. The van der Waals surface area contributed by atoms with E-state index in [2.05, 4.69) is 29.2 Å². The van der Waals surface area contributed by atoms with Gasteiger partial charge >= 0.3 is 5.97 Å². The van der Waals surface area contributed by atoms with Crippen molar-refractivity contribution in [1.29, 1.82) is 0 Å². The van der Waals surface area contributed by atoms with Crippen molar-refractivity contribution in [3.05, 3.63) is 38.0 Å². The molecule has 0 aromatic heterocycles. The fourth-order valence-corrected chi connectivity index (χ4v) is 0.304. The van der Waals surface area contributed by atoms with Gasteiger partial charge in [0.2, 0.25) is 0 Å². The second-order valence-electron chi connectivity index (χ2n) is 1.63. The normalized spacial score (nSPS) is 7.15. The Balaban J connectivity index is 0. The van der Waals surface area contributed by atoms with Crippen LogP contribution < -0.4 is 0 Å². The molecule has 0 atom stereocenters. The molecule has 0 unspecified atom stereocenters. The molecule has 4 heteroatoms. The van der Waals surface area contributed by atoms with Gasteiger partial charge in [0.15, 0.2) is 5.76 Å². The molecule has 0 saturated carbocycles. The van der Waals surface area contributed by atoms with Crippen LogP contribution in [0.1, 0.15) is 6.92 Å². The monoisotopic (exact) mass is 186 g/mol. The van der Waals surface area contributed by atoms with Crippen LogP contribution in [0.25, 0.3) is 0 Å². The molecule has 0 saturated heterocycles. The highest BCUT2D eigenvalue weighted by atomic mass is 16.5. The van der Waals surface area contributed by atoms with Gasteiger partial charge in [0.1, 0.15) is 0 Å². The van der Waals surface area contributed by atoms with Crippen LogP contribution in [-0.4, -0.2) is 17.7 Å². The number of hydrogen-bond acceptors (Lipinski definition) is 3. The van der Waals surface area contributed by atoms with Crippen molar-refractivity contribution in [1.82, 2.24) is 0 Å². The fraction of sp³-hybridized carbons (Fsp3) is 0.222. The maximum absolute atomic E-state index is 9.86. The van der Waals surface area contributed by atoms with E-state index in [9.17, 15) is 4.79 Å². The maximum atomic E-state index is 9.86. The zero-order valence-corrected chi connectivity index (χ0v) is 7.66. The van der Waals surface area contributed by atoms with Crippen molar-refractivity contribution in [2.24, 2.45) is 0 Å². The predicted molar refractivity (Wildman–Crippen MR) is 49.9 cm³/mol. The Morgan fingerprint density at radius 2 is 1.92 bits per heavy atom. The van der Waals surface area contributed by atoms with Crippen molar-refractivity contribution in [2.75, 3.05) is 6.61 Å². The average molecular weight is 186 g/mol. The van der Waals surface area contributed by atoms with E-state index in [1.807, 2.05) is 0 Å². The molecule has 0 spiro atoms. The molecule has 0 aromatic rings. The first-order chi connectivity index (χ1) is 6.09. The van der Waals surface area contributed by atoms with E-state index in [0.717, 1.165) is 0 Å². The Kier molecular flexibility index (Phi) is 11.0. The number of carboxylic acid groups (broad SMARTS) is 1. The first-order valence-corrected chi connectivity index (χ1v) is 3.52. The molecule has 13 heavy (non-hydrogen) atoms. The smallest absolute Gasteiger partial charge is 0.370 e. The van der Waals surface area contributed by atoms with E-state index in [0.29, 0.717) is 6.61 Å². The van der Waals surface area contributed by atoms with Crippen LogP contribution in [0.15, 0.2) is 38.0 Å². The van der Waals surface area contributed by atoms with Gasteiger partial charge < -0.3 is 14.6 Å². The lowest BCUT2D eigenvalue weighted by molar-refractivity contribution is -0.136. The quantitative estimate of drug-likeness (QED) is 0.526. The Labute approximate surface area is 77.8 Å². The van der Waals surface area contributed by atoms with Crippen LogP contribution in [0.4, 0.5) is 0 Å². The molecule has 0 amide bonds. The molecule has 0 aliphatic heterocycles. The Hall–Kier alpha value is -1.71. The van der Waals surface area contributed by atoms with Crippen molar-refractivity contribution in [3.8, 4) is 0 Å². The SMILES string of the molecule is C=C(OCC)C(=O)O.C=COC=C. The number of carbonyl (C=O) groups is 1. The third-order valence-electron chi connectivity index (χ3n) is 0.750. The highest BCUT2D eigenvalue weighted by Gasteiger charge is 2.00. The molecular formula is C9H14O4. The number of aliphatic carboxylic acids is 1. The molecule has 0 bridgehead atoms. The highest BCUT2D eigenvalue weighted by Crippen LogP contribution is 1.90. The summed E-state index contributed by atoms with van der Waals surface area (Å²) in [6.45, 7) is 11.7. The lowest BCUT2D eigenvalue weighted by Gasteiger charge is -1.97. The topological polar surface area (TPSA) is 55.8 Å². The summed E-state index contributed by atoms with van der Waals surface area (Å²) in [5.41, 5.74) is 0. The standard InChI is InChI=1S/C5H8O3.C4H6O/c1-3-8-4(2)5(6)7;1-3-5-4-2/h2-3H2,1H3,(H,6,7);3-4H,1-2H2. The van der Waals surface area contributed by atoms with E-state index >= 15 is 0 Å². The maximum Gasteiger partial charge on any atom is 0.370 e. The van der Waals surface area contributed by atoms with Crippen molar-refractivity contribution in [3.63, 3.8) is 0 Å². The molecule has 0 aliphatic rings. The second-order valence-corrected chi connectivity index (χ2v) is 1.63. The van der Waals surface area contributed by atoms with E-state index in [1.165, 1.54) is 12.5 Å². The van der Waals surface area contributed by atoms with Gasteiger partial charge in [0.25, 0.3) is 0 Å². The van der Waals surface area contributed by atoms with Gasteiger partial charge in [-0.25, -0.2) is 4.79 Å². The first kappa shape index (κ1) is 13.9. The Morgan fingerprint density at radius 3 is 2.00 bits per heavy atom. The van der Waals surface area contributed by atoms with Crippen LogP contribution in [0.5, 0.6) is 0 Å². The minimum atomic E-state index is -1.10. The molecule has 0 heterocycles. The molecule has 0 aromatic carbocycles. The third kappa shape index (κ3) is 13.3. The van der Waals surface area contributed by atoms with Crippen molar-refractivity contribution in [2.45, 2.75) is 6.92 Å². The molecule has 0 radical (unpaired) electrons. The summed E-state index contributed by atoms with van der Waals surface area (Å²) in [5.74, 6) is -1.31. The lowest BCUT2D eigenvalue weighted by Crippen LogP contribution is -2.02. The summed E-state index contributed by atoms with van der Waals surface area (Å²) in [4.78, 5) is 9.86. The van der Waals surface area contributed by atoms with Crippen LogP contribution in [0, 0.1) is 0 Å². The van der Waals surface area contributed by atoms with Gasteiger partial charge in [-0.3, -0.25) is 0 Å². The summed E-state index contributed by atoms with van der Waals surface area (Å²) < 4.78 is 8.87. The van der Waals surface area contributed by atoms with E-state index in [-0.39, 0.29) is 5.76 Å². The summed E-state index contributed by atoms with van der Waals surface area (Å²) in [5, 5.41) is 8.09. The van der Waals surface area contributed by atoms with Gasteiger partial charge in [-0.2, -0.15) is 0 Å². The molecular weight excluding hydrogens is 172 g/mol.